The first-order valence-corrected chi connectivity index (χ1v) is 6.06. The largest absolute Gasteiger partial charge is 0.444 e. The quantitative estimate of drug-likeness (QED) is 0.449. The molecule has 1 aliphatic rings. The maximum absolute atomic E-state index is 11.8. The molecule has 1 heterocycles. The number of ether oxygens (including phenoxy) is 1. The summed E-state index contributed by atoms with van der Waals surface area (Å²) in [7, 11) is 0. The Hall–Kier alpha value is -0.970. The van der Waals surface area contributed by atoms with Crippen LogP contribution >= 0.6 is 11.6 Å². The number of rotatable bonds is 1. The van der Waals surface area contributed by atoms with E-state index < -0.39 is 5.60 Å². The molecule has 1 amide bonds. The highest BCUT2D eigenvalue weighted by Crippen LogP contribution is 2.21. The highest BCUT2D eigenvalue weighted by molar-refractivity contribution is 6.65. The molecule has 98 valence electrons. The van der Waals surface area contributed by atoms with E-state index in [-0.39, 0.29) is 17.2 Å². The van der Waals surface area contributed by atoms with Gasteiger partial charge in [-0.05, 0) is 33.6 Å². The summed E-state index contributed by atoms with van der Waals surface area (Å²) in [6.07, 6.45) is 1.31. The van der Waals surface area contributed by atoms with Crippen LogP contribution in [-0.4, -0.2) is 40.1 Å². The van der Waals surface area contributed by atoms with Crippen molar-refractivity contribution >= 4 is 22.9 Å². The molecule has 1 atom stereocenters. The fraction of sp³-hybridized carbons (Fsp3) is 0.818. The monoisotopic (exact) mass is 262 g/mol. The number of nitrogens with zero attached hydrogens (tertiary/aromatic N) is 2. The highest BCUT2D eigenvalue weighted by Gasteiger charge is 2.29. The van der Waals surface area contributed by atoms with Gasteiger partial charge < -0.3 is 14.8 Å². The highest BCUT2D eigenvalue weighted by atomic mass is 35.5. The molecule has 1 fully saturated rings. The Balaban J connectivity index is 2.58. The summed E-state index contributed by atoms with van der Waals surface area (Å²) < 4.78 is 5.28. The van der Waals surface area contributed by atoms with Crippen molar-refractivity contribution in [3.05, 3.63) is 0 Å². The van der Waals surface area contributed by atoms with Gasteiger partial charge in [-0.3, -0.25) is 0 Å². The van der Waals surface area contributed by atoms with Gasteiger partial charge in [0, 0.05) is 19.0 Å². The molecule has 1 N–H and O–H groups in total. The van der Waals surface area contributed by atoms with E-state index in [1.165, 1.54) is 0 Å². The van der Waals surface area contributed by atoms with Crippen LogP contribution in [0.4, 0.5) is 4.79 Å². The zero-order valence-corrected chi connectivity index (χ0v) is 11.2. The molecule has 0 saturated carbocycles. The molecule has 1 rings (SSSR count). The lowest BCUT2D eigenvalue weighted by molar-refractivity contribution is 0.0194. The van der Waals surface area contributed by atoms with Gasteiger partial charge >= 0.3 is 6.09 Å². The minimum absolute atomic E-state index is 0.0945. The number of hydrogen-bond donors (Lipinski definition) is 1. The Morgan fingerprint density at radius 3 is 2.71 bits per heavy atom. The van der Waals surface area contributed by atoms with Crippen LogP contribution in [0.2, 0.25) is 0 Å². The first-order valence-electron chi connectivity index (χ1n) is 5.69. The Bertz CT molecular complexity index is 312. The van der Waals surface area contributed by atoms with E-state index in [9.17, 15) is 4.79 Å². The molecule has 0 spiro atoms. The molecule has 6 heteroatoms. The molecule has 0 aromatic carbocycles. The molecule has 1 saturated heterocycles. The third-order valence-electron chi connectivity index (χ3n) is 2.51. The summed E-state index contributed by atoms with van der Waals surface area (Å²) in [6.45, 7) is 6.58. The Morgan fingerprint density at radius 2 is 2.18 bits per heavy atom. The second kappa shape index (κ2) is 5.58. The van der Waals surface area contributed by atoms with Gasteiger partial charge in [-0.25, -0.2) is 4.79 Å². The average molecular weight is 263 g/mol. The number of piperidine rings is 1. The van der Waals surface area contributed by atoms with E-state index in [2.05, 4.69) is 5.16 Å². The second-order valence-electron chi connectivity index (χ2n) is 5.19. The maximum atomic E-state index is 11.8. The summed E-state index contributed by atoms with van der Waals surface area (Å²) in [6, 6.07) is 0. The molecule has 1 unspecified atom stereocenters. The van der Waals surface area contributed by atoms with Crippen molar-refractivity contribution in [2.75, 3.05) is 13.1 Å². The van der Waals surface area contributed by atoms with E-state index in [4.69, 9.17) is 21.5 Å². The molecule has 0 radical (unpaired) electrons. The Labute approximate surface area is 106 Å². The normalized spacial score (nSPS) is 22.5. The minimum atomic E-state index is -0.501. The van der Waals surface area contributed by atoms with Crippen molar-refractivity contribution in [1.29, 1.82) is 0 Å². The van der Waals surface area contributed by atoms with Crippen molar-refractivity contribution < 1.29 is 14.7 Å². The molecule has 17 heavy (non-hydrogen) atoms. The van der Waals surface area contributed by atoms with Gasteiger partial charge in [0.05, 0.1) is 0 Å². The lowest BCUT2D eigenvalue weighted by Gasteiger charge is -2.33. The van der Waals surface area contributed by atoms with Crippen molar-refractivity contribution in [1.82, 2.24) is 4.90 Å². The summed E-state index contributed by atoms with van der Waals surface area (Å²) in [5.74, 6) is -0.0945. The summed E-state index contributed by atoms with van der Waals surface area (Å²) in [5, 5.41) is 11.8. The van der Waals surface area contributed by atoms with Gasteiger partial charge in [0.15, 0.2) is 0 Å². The van der Waals surface area contributed by atoms with Crippen LogP contribution in [0.25, 0.3) is 0 Å². The van der Waals surface area contributed by atoms with Gasteiger partial charge in [-0.15, -0.1) is 0 Å². The van der Waals surface area contributed by atoms with E-state index in [0.717, 1.165) is 12.8 Å². The number of carbonyl (C=O) groups is 1. The number of likely N-dealkylation sites (tertiary alicyclic amines) is 1. The number of oxime groups is 1. The third kappa shape index (κ3) is 4.42. The predicted molar refractivity (Wildman–Crippen MR) is 65.6 cm³/mol. The smallest absolute Gasteiger partial charge is 0.410 e. The molecule has 5 nitrogen and oxygen atoms in total. The predicted octanol–water partition coefficient (Wildman–Crippen LogP) is 2.66. The fourth-order valence-corrected chi connectivity index (χ4v) is 1.92. The van der Waals surface area contributed by atoms with E-state index >= 15 is 0 Å². The van der Waals surface area contributed by atoms with Crippen LogP contribution in [-0.2, 0) is 4.74 Å². The van der Waals surface area contributed by atoms with Crippen LogP contribution in [0.3, 0.4) is 0 Å². The summed E-state index contributed by atoms with van der Waals surface area (Å²) in [4.78, 5) is 13.4. The lowest BCUT2D eigenvalue weighted by Crippen LogP contribution is -2.44. The molecule has 0 aromatic rings. The zero-order chi connectivity index (χ0) is 13.1. The van der Waals surface area contributed by atoms with Gasteiger partial charge in [-0.1, -0.05) is 16.8 Å². The number of halogens is 1. The number of carbonyl (C=O) groups excluding carboxylic acids is 1. The van der Waals surface area contributed by atoms with Gasteiger partial charge in [0.1, 0.15) is 10.8 Å². The summed E-state index contributed by atoms with van der Waals surface area (Å²) in [5.41, 5.74) is -0.501. The zero-order valence-electron chi connectivity index (χ0n) is 10.4. The van der Waals surface area contributed by atoms with Crippen LogP contribution < -0.4 is 0 Å². The van der Waals surface area contributed by atoms with Crippen molar-refractivity contribution in [2.45, 2.75) is 39.2 Å². The van der Waals surface area contributed by atoms with Crippen LogP contribution in [0.5, 0.6) is 0 Å². The van der Waals surface area contributed by atoms with Crippen molar-refractivity contribution in [3.8, 4) is 0 Å². The SMILES string of the molecule is CC(C)(C)OC(=O)N1CCCC(C(Cl)=NO)C1. The van der Waals surface area contributed by atoms with Gasteiger partial charge in [0.25, 0.3) is 0 Å². The molecule has 0 aromatic heterocycles. The lowest BCUT2D eigenvalue weighted by atomic mass is 9.99. The average Bonchev–Trinajstić information content (AvgIpc) is 2.26. The van der Waals surface area contributed by atoms with Gasteiger partial charge in [-0.2, -0.15) is 0 Å². The molecular weight excluding hydrogens is 244 g/mol. The topological polar surface area (TPSA) is 62.1 Å². The molecule has 0 aliphatic carbocycles. The molecule has 0 bridgehead atoms. The molecule has 1 aliphatic heterocycles. The fourth-order valence-electron chi connectivity index (χ4n) is 1.75. The first kappa shape index (κ1) is 14.1. The second-order valence-corrected chi connectivity index (χ2v) is 5.58. The van der Waals surface area contributed by atoms with E-state index in [1.54, 1.807) is 4.90 Å². The van der Waals surface area contributed by atoms with E-state index in [1.807, 2.05) is 20.8 Å². The van der Waals surface area contributed by atoms with Crippen LogP contribution in [0, 0.1) is 5.92 Å². The van der Waals surface area contributed by atoms with Crippen LogP contribution in [0.1, 0.15) is 33.6 Å². The Kier molecular flexibility index (Phi) is 4.62. The Morgan fingerprint density at radius 1 is 1.53 bits per heavy atom. The first-order chi connectivity index (χ1) is 7.83. The molecular formula is C11H19ClN2O3. The van der Waals surface area contributed by atoms with Crippen molar-refractivity contribution in [3.63, 3.8) is 0 Å². The standard InChI is InChI=1S/C11H19ClN2O3/c1-11(2,3)17-10(15)14-6-4-5-8(7-14)9(12)13-16/h8,16H,4-7H2,1-3H3. The van der Waals surface area contributed by atoms with E-state index in [0.29, 0.717) is 13.1 Å². The minimum Gasteiger partial charge on any atom is -0.444 e. The van der Waals surface area contributed by atoms with Crippen molar-refractivity contribution in [2.24, 2.45) is 11.1 Å². The third-order valence-corrected chi connectivity index (χ3v) is 2.89. The summed E-state index contributed by atoms with van der Waals surface area (Å²) >= 11 is 5.77. The number of hydrogen-bond acceptors (Lipinski definition) is 4. The number of amides is 1. The maximum Gasteiger partial charge on any atom is 0.410 e. The van der Waals surface area contributed by atoms with Crippen LogP contribution in [0.15, 0.2) is 5.16 Å². The van der Waals surface area contributed by atoms with Gasteiger partial charge in [0.2, 0.25) is 0 Å².